The van der Waals surface area contributed by atoms with E-state index in [-0.39, 0.29) is 5.75 Å². The first-order chi connectivity index (χ1) is 13.9. The lowest BCUT2D eigenvalue weighted by molar-refractivity contribution is -0.138. The molecule has 0 saturated heterocycles. The molecule has 0 spiro atoms. The Kier molecular flexibility index (Phi) is 18.2. The van der Waals surface area contributed by atoms with E-state index < -0.39 is 17.3 Å². The van der Waals surface area contributed by atoms with E-state index in [1.807, 2.05) is 72.7 Å². The molecule has 5 heteroatoms. The molecule has 1 N–H and O–H groups in total. The molecule has 2 nitrogen and oxygen atoms in total. The highest BCUT2D eigenvalue weighted by Gasteiger charge is 2.34. The van der Waals surface area contributed by atoms with E-state index in [1.54, 1.807) is 26.8 Å². The molecule has 2 rings (SSSR count). The Hall–Kier alpha value is -2.01. The number of ether oxygens (including phenoxy) is 1. The van der Waals surface area contributed by atoms with Crippen molar-refractivity contribution in [3.8, 4) is 5.75 Å². The summed E-state index contributed by atoms with van der Waals surface area (Å²) in [5.41, 5.74) is 1.27. The van der Waals surface area contributed by atoms with Crippen molar-refractivity contribution < 1.29 is 23.0 Å². The fraction of sp³-hybridized carbons (Fsp3) is 0.520. The summed E-state index contributed by atoms with van der Waals surface area (Å²) >= 11 is 0. The van der Waals surface area contributed by atoms with Gasteiger partial charge >= 0.3 is 6.18 Å². The van der Waals surface area contributed by atoms with Gasteiger partial charge in [0.05, 0.1) is 18.3 Å². The van der Waals surface area contributed by atoms with E-state index in [1.165, 1.54) is 18.7 Å². The molecule has 0 saturated carbocycles. The number of aliphatic hydroxyl groups is 1. The minimum Gasteiger partial charge on any atom is -0.496 e. The SMILES string of the molecule is CC.CC.CC.COc1ccc(C)cc1C(F)(F)F.Cc1cccc(C(C)(C)O)c1. The predicted molar refractivity (Wildman–Crippen MR) is 123 cm³/mol. The van der Waals surface area contributed by atoms with Crippen LogP contribution in [-0.4, -0.2) is 12.2 Å². The molecule has 0 aliphatic heterocycles. The van der Waals surface area contributed by atoms with Crippen molar-refractivity contribution in [1.29, 1.82) is 0 Å². The summed E-state index contributed by atoms with van der Waals surface area (Å²) in [6.07, 6.45) is -4.35. The Morgan fingerprint density at radius 3 is 1.57 bits per heavy atom. The number of halogens is 3. The highest BCUT2D eigenvalue weighted by Crippen LogP contribution is 2.36. The van der Waals surface area contributed by atoms with Gasteiger partial charge in [-0.2, -0.15) is 13.2 Å². The minimum atomic E-state index is -4.35. The van der Waals surface area contributed by atoms with Crippen LogP contribution in [0.2, 0.25) is 0 Å². The summed E-state index contributed by atoms with van der Waals surface area (Å²) in [5, 5.41) is 9.61. The van der Waals surface area contributed by atoms with E-state index in [4.69, 9.17) is 0 Å². The molecule has 0 bridgehead atoms. The number of methoxy groups -OCH3 is 1. The minimum absolute atomic E-state index is 0.141. The molecule has 0 heterocycles. The molecule has 30 heavy (non-hydrogen) atoms. The van der Waals surface area contributed by atoms with Gasteiger partial charge in [-0.05, 0) is 45.4 Å². The molecule has 0 fully saturated rings. The lowest BCUT2D eigenvalue weighted by Gasteiger charge is -2.17. The highest BCUT2D eigenvalue weighted by molar-refractivity contribution is 5.38. The first-order valence-corrected chi connectivity index (χ1v) is 10.5. The summed E-state index contributed by atoms with van der Waals surface area (Å²) in [6, 6.07) is 11.9. The lowest BCUT2D eigenvalue weighted by atomic mass is 9.97. The molecular formula is C25H41F3O2. The standard InChI is InChI=1S/C10H14O.C9H9F3O.3C2H6/c1-8-5-4-6-9(7-8)10(2,3)11;1-6-3-4-8(13-2)7(5-6)9(10,11)12;3*1-2/h4-7,11H,1-3H3;3-5H,1-2H3;3*1-2H3. The summed E-state index contributed by atoms with van der Waals surface area (Å²) in [7, 11) is 1.22. The number of hydrogen-bond donors (Lipinski definition) is 1. The first-order valence-electron chi connectivity index (χ1n) is 10.5. The third kappa shape index (κ3) is 13.3. The van der Waals surface area contributed by atoms with Crippen LogP contribution in [-0.2, 0) is 11.8 Å². The first kappa shape index (κ1) is 32.6. The van der Waals surface area contributed by atoms with Gasteiger partial charge in [0.25, 0.3) is 0 Å². The Morgan fingerprint density at radius 1 is 0.767 bits per heavy atom. The van der Waals surface area contributed by atoms with Crippen molar-refractivity contribution in [2.75, 3.05) is 7.11 Å². The molecule has 0 aromatic heterocycles. The van der Waals surface area contributed by atoms with Crippen LogP contribution in [0, 0.1) is 13.8 Å². The smallest absolute Gasteiger partial charge is 0.419 e. The topological polar surface area (TPSA) is 29.5 Å². The predicted octanol–water partition coefficient (Wildman–Crippen LogP) is 8.32. The normalized spacial score (nSPS) is 9.83. The van der Waals surface area contributed by atoms with Crippen molar-refractivity contribution in [3.63, 3.8) is 0 Å². The lowest BCUT2D eigenvalue weighted by Crippen LogP contribution is -2.15. The third-order valence-corrected chi connectivity index (χ3v) is 3.38. The zero-order chi connectivity index (χ0) is 24.5. The average molecular weight is 431 g/mol. The van der Waals surface area contributed by atoms with Crippen LogP contribution in [0.3, 0.4) is 0 Å². The number of aryl methyl sites for hydroxylation is 2. The Labute approximate surface area is 182 Å². The fourth-order valence-corrected chi connectivity index (χ4v) is 2.07. The Bertz CT molecular complexity index is 673. The molecule has 0 unspecified atom stereocenters. The third-order valence-electron chi connectivity index (χ3n) is 3.38. The van der Waals surface area contributed by atoms with Gasteiger partial charge in [0.2, 0.25) is 0 Å². The summed E-state index contributed by atoms with van der Waals surface area (Å²) in [4.78, 5) is 0. The maximum atomic E-state index is 12.3. The molecule has 2 aromatic rings. The molecule has 2 aromatic carbocycles. The van der Waals surface area contributed by atoms with Gasteiger partial charge in [-0.1, -0.05) is 83.0 Å². The van der Waals surface area contributed by atoms with Gasteiger partial charge in [-0.15, -0.1) is 0 Å². The van der Waals surface area contributed by atoms with Crippen LogP contribution in [0.5, 0.6) is 5.75 Å². The molecule has 0 amide bonds. The molecule has 0 aliphatic rings. The van der Waals surface area contributed by atoms with Gasteiger partial charge in [-0.3, -0.25) is 0 Å². The van der Waals surface area contributed by atoms with Crippen LogP contribution in [0.1, 0.15) is 77.6 Å². The molecule has 0 aliphatic carbocycles. The van der Waals surface area contributed by atoms with Crippen molar-refractivity contribution >= 4 is 0 Å². The van der Waals surface area contributed by atoms with Crippen LogP contribution < -0.4 is 4.74 Å². The zero-order valence-corrected chi connectivity index (χ0v) is 20.5. The van der Waals surface area contributed by atoms with E-state index in [9.17, 15) is 18.3 Å². The van der Waals surface area contributed by atoms with Crippen LogP contribution >= 0.6 is 0 Å². The number of benzene rings is 2. The van der Waals surface area contributed by atoms with E-state index >= 15 is 0 Å². The second kappa shape index (κ2) is 16.8. The number of hydrogen-bond acceptors (Lipinski definition) is 2. The van der Waals surface area contributed by atoms with Crippen LogP contribution in [0.25, 0.3) is 0 Å². The van der Waals surface area contributed by atoms with Gasteiger partial charge in [0.1, 0.15) is 5.75 Å². The number of alkyl halides is 3. The maximum Gasteiger partial charge on any atom is 0.419 e. The van der Waals surface area contributed by atoms with Gasteiger partial charge in [0.15, 0.2) is 0 Å². The molecule has 0 atom stereocenters. The summed E-state index contributed by atoms with van der Waals surface area (Å²) in [6.45, 7) is 19.2. The van der Waals surface area contributed by atoms with E-state index in [2.05, 4.69) is 4.74 Å². The van der Waals surface area contributed by atoms with E-state index in [0.717, 1.165) is 11.6 Å². The molecule has 174 valence electrons. The molecule has 0 radical (unpaired) electrons. The number of rotatable bonds is 2. The second-order valence-corrected chi connectivity index (χ2v) is 6.13. The van der Waals surface area contributed by atoms with Crippen molar-refractivity contribution in [2.24, 2.45) is 0 Å². The van der Waals surface area contributed by atoms with Crippen molar-refractivity contribution in [2.45, 2.75) is 81.0 Å². The largest absolute Gasteiger partial charge is 0.496 e. The van der Waals surface area contributed by atoms with Gasteiger partial charge in [0, 0.05) is 0 Å². The Morgan fingerprint density at radius 2 is 1.23 bits per heavy atom. The monoisotopic (exact) mass is 430 g/mol. The second-order valence-electron chi connectivity index (χ2n) is 6.13. The quantitative estimate of drug-likeness (QED) is 0.519. The summed E-state index contributed by atoms with van der Waals surface area (Å²) < 4.78 is 41.6. The highest BCUT2D eigenvalue weighted by atomic mass is 19.4. The van der Waals surface area contributed by atoms with Crippen molar-refractivity contribution in [1.82, 2.24) is 0 Å². The van der Waals surface area contributed by atoms with Crippen LogP contribution in [0.4, 0.5) is 13.2 Å². The molecular weight excluding hydrogens is 389 g/mol. The fourth-order valence-electron chi connectivity index (χ4n) is 2.07. The van der Waals surface area contributed by atoms with Crippen molar-refractivity contribution in [3.05, 3.63) is 64.7 Å². The maximum absolute atomic E-state index is 12.3. The van der Waals surface area contributed by atoms with E-state index in [0.29, 0.717) is 5.56 Å². The van der Waals surface area contributed by atoms with Gasteiger partial charge < -0.3 is 9.84 Å². The Balaban J connectivity index is -0.000000392. The summed E-state index contributed by atoms with van der Waals surface area (Å²) in [5.74, 6) is -0.141. The van der Waals surface area contributed by atoms with Crippen LogP contribution in [0.15, 0.2) is 42.5 Å². The zero-order valence-electron chi connectivity index (χ0n) is 20.5. The van der Waals surface area contributed by atoms with Gasteiger partial charge in [-0.25, -0.2) is 0 Å². The average Bonchev–Trinajstić information content (AvgIpc) is 2.72.